The van der Waals surface area contributed by atoms with Crippen molar-refractivity contribution in [1.29, 1.82) is 0 Å². The molecular weight excluding hydrogens is 370 g/mol. The number of nitrogens with zero attached hydrogens (tertiary/aromatic N) is 2. The number of carboxylic acid groups (broad SMARTS) is 1. The molecule has 1 saturated heterocycles. The number of Topliss-reactive ketones (excluding diaryl/α,β-unsaturated/α-hetero) is 1. The SMILES string of the molecule is CC(=O)c1ccc(Nc2c(C(=O)O)cnc3c(N4CCOCC4)cccc23)cc1. The van der Waals surface area contributed by atoms with E-state index in [-0.39, 0.29) is 11.3 Å². The van der Waals surface area contributed by atoms with Crippen molar-refractivity contribution >= 4 is 39.7 Å². The largest absolute Gasteiger partial charge is 0.478 e. The lowest BCUT2D eigenvalue weighted by Gasteiger charge is -2.29. The van der Waals surface area contributed by atoms with Crippen molar-refractivity contribution in [1.82, 2.24) is 4.98 Å². The molecule has 0 spiro atoms. The maximum Gasteiger partial charge on any atom is 0.339 e. The van der Waals surface area contributed by atoms with Crippen molar-refractivity contribution in [2.45, 2.75) is 6.92 Å². The van der Waals surface area contributed by atoms with Crippen LogP contribution in [0.1, 0.15) is 27.6 Å². The van der Waals surface area contributed by atoms with E-state index in [2.05, 4.69) is 15.2 Å². The Balaban J connectivity index is 1.80. The van der Waals surface area contributed by atoms with Crippen LogP contribution in [0.15, 0.2) is 48.7 Å². The van der Waals surface area contributed by atoms with E-state index in [0.717, 1.165) is 29.7 Å². The van der Waals surface area contributed by atoms with Crippen LogP contribution in [0.4, 0.5) is 17.1 Å². The topological polar surface area (TPSA) is 91.8 Å². The van der Waals surface area contributed by atoms with Gasteiger partial charge in [-0.2, -0.15) is 0 Å². The molecule has 2 N–H and O–H groups in total. The summed E-state index contributed by atoms with van der Waals surface area (Å²) in [5.41, 5.74) is 3.56. The van der Waals surface area contributed by atoms with Crippen molar-refractivity contribution in [2.24, 2.45) is 0 Å². The minimum Gasteiger partial charge on any atom is -0.478 e. The average Bonchev–Trinajstić information content (AvgIpc) is 2.74. The molecule has 0 saturated carbocycles. The minimum atomic E-state index is -1.06. The highest BCUT2D eigenvalue weighted by Gasteiger charge is 2.20. The van der Waals surface area contributed by atoms with Crippen molar-refractivity contribution in [3.05, 3.63) is 59.8 Å². The zero-order valence-electron chi connectivity index (χ0n) is 16.0. The number of hydrogen-bond donors (Lipinski definition) is 2. The van der Waals surface area contributed by atoms with Gasteiger partial charge >= 0.3 is 5.97 Å². The van der Waals surface area contributed by atoms with Gasteiger partial charge in [-0.3, -0.25) is 9.78 Å². The van der Waals surface area contributed by atoms with Crippen LogP contribution in [-0.4, -0.2) is 48.1 Å². The van der Waals surface area contributed by atoms with E-state index in [9.17, 15) is 14.7 Å². The van der Waals surface area contributed by atoms with E-state index in [1.165, 1.54) is 13.1 Å². The van der Waals surface area contributed by atoms with Crippen LogP contribution in [-0.2, 0) is 4.74 Å². The van der Waals surface area contributed by atoms with Crippen LogP contribution in [0.25, 0.3) is 10.9 Å². The maximum atomic E-state index is 11.8. The van der Waals surface area contributed by atoms with Crippen LogP contribution in [0, 0.1) is 0 Å². The molecule has 29 heavy (non-hydrogen) atoms. The van der Waals surface area contributed by atoms with Gasteiger partial charge in [-0.25, -0.2) is 4.79 Å². The molecule has 2 aromatic carbocycles. The smallest absolute Gasteiger partial charge is 0.339 e. The normalized spacial score (nSPS) is 14.0. The summed E-state index contributed by atoms with van der Waals surface area (Å²) in [5, 5.41) is 13.6. The van der Waals surface area contributed by atoms with Gasteiger partial charge in [0.05, 0.1) is 30.1 Å². The molecule has 3 aromatic rings. The number of benzene rings is 2. The predicted octanol–water partition coefficient (Wildman–Crippen LogP) is 3.72. The molecule has 148 valence electrons. The maximum absolute atomic E-state index is 11.8. The quantitative estimate of drug-likeness (QED) is 0.641. The molecule has 0 bridgehead atoms. The Labute approximate surface area is 167 Å². The minimum absolute atomic E-state index is 0.0210. The van der Waals surface area contributed by atoms with Crippen LogP contribution in [0.2, 0.25) is 0 Å². The lowest BCUT2D eigenvalue weighted by atomic mass is 10.1. The third kappa shape index (κ3) is 3.77. The number of nitrogens with one attached hydrogen (secondary N) is 1. The van der Waals surface area contributed by atoms with Crippen molar-refractivity contribution < 1.29 is 19.4 Å². The number of anilines is 3. The summed E-state index contributed by atoms with van der Waals surface area (Å²) in [5.74, 6) is -1.08. The Morgan fingerprint density at radius 2 is 1.83 bits per heavy atom. The van der Waals surface area contributed by atoms with Gasteiger partial charge in [0.2, 0.25) is 0 Å². The molecule has 0 atom stereocenters. The monoisotopic (exact) mass is 391 g/mol. The molecule has 2 heterocycles. The number of rotatable bonds is 5. The average molecular weight is 391 g/mol. The number of ketones is 1. The fourth-order valence-electron chi connectivity index (χ4n) is 3.50. The summed E-state index contributed by atoms with van der Waals surface area (Å²) >= 11 is 0. The Bertz CT molecular complexity index is 1070. The van der Waals surface area contributed by atoms with Crippen LogP contribution in [0.3, 0.4) is 0 Å². The molecule has 0 aliphatic carbocycles. The van der Waals surface area contributed by atoms with Gasteiger partial charge in [-0.05, 0) is 37.3 Å². The van der Waals surface area contributed by atoms with Crippen molar-refractivity contribution in [2.75, 3.05) is 36.5 Å². The summed E-state index contributed by atoms with van der Waals surface area (Å²) < 4.78 is 5.44. The molecule has 7 heteroatoms. The van der Waals surface area contributed by atoms with E-state index in [0.29, 0.717) is 30.2 Å². The fourth-order valence-corrected chi connectivity index (χ4v) is 3.50. The summed E-state index contributed by atoms with van der Waals surface area (Å²) in [6.45, 7) is 4.33. The van der Waals surface area contributed by atoms with Gasteiger partial charge < -0.3 is 20.1 Å². The number of carbonyl (C=O) groups excluding carboxylic acids is 1. The van der Waals surface area contributed by atoms with E-state index in [4.69, 9.17) is 4.74 Å². The first-order chi connectivity index (χ1) is 14.0. The van der Waals surface area contributed by atoms with Crippen LogP contribution >= 0.6 is 0 Å². The van der Waals surface area contributed by atoms with Gasteiger partial charge in [-0.15, -0.1) is 0 Å². The molecule has 1 aliphatic heterocycles. The third-order valence-electron chi connectivity index (χ3n) is 5.02. The molecule has 0 radical (unpaired) electrons. The number of pyridine rings is 1. The van der Waals surface area contributed by atoms with Crippen LogP contribution in [0.5, 0.6) is 0 Å². The first-order valence-corrected chi connectivity index (χ1v) is 9.40. The highest BCUT2D eigenvalue weighted by Crippen LogP contribution is 2.34. The summed E-state index contributed by atoms with van der Waals surface area (Å²) in [6.07, 6.45) is 1.39. The van der Waals surface area contributed by atoms with Crippen molar-refractivity contribution in [3.8, 4) is 0 Å². The second kappa shape index (κ2) is 7.89. The second-order valence-electron chi connectivity index (χ2n) is 6.88. The number of para-hydroxylation sites is 1. The number of aromatic carboxylic acids is 1. The van der Waals surface area contributed by atoms with Gasteiger partial charge in [0, 0.05) is 35.9 Å². The standard InChI is InChI=1S/C22H21N3O4/c1-14(26)15-5-7-16(8-6-15)24-20-17-3-2-4-19(25-9-11-29-12-10-25)21(17)23-13-18(20)22(27)28/h2-8,13H,9-12H2,1H3,(H,23,24)(H,27,28). The molecule has 1 aliphatic rings. The Morgan fingerprint density at radius 3 is 2.48 bits per heavy atom. The van der Waals surface area contributed by atoms with E-state index >= 15 is 0 Å². The fraction of sp³-hybridized carbons (Fsp3) is 0.227. The van der Waals surface area contributed by atoms with Gasteiger partial charge in [0.15, 0.2) is 5.78 Å². The third-order valence-corrected chi connectivity index (χ3v) is 5.02. The van der Waals surface area contributed by atoms with Gasteiger partial charge in [0.1, 0.15) is 5.56 Å². The molecule has 4 rings (SSSR count). The summed E-state index contributed by atoms with van der Waals surface area (Å²) in [4.78, 5) is 30.0. The number of aromatic nitrogens is 1. The zero-order valence-corrected chi connectivity index (χ0v) is 16.0. The van der Waals surface area contributed by atoms with Crippen LogP contribution < -0.4 is 10.2 Å². The Morgan fingerprint density at radius 1 is 1.10 bits per heavy atom. The number of morpholine rings is 1. The van der Waals surface area contributed by atoms with Crippen molar-refractivity contribution in [3.63, 3.8) is 0 Å². The Kier molecular flexibility index (Phi) is 5.14. The molecule has 0 amide bonds. The summed E-state index contributed by atoms with van der Waals surface area (Å²) in [6, 6.07) is 12.7. The number of hydrogen-bond acceptors (Lipinski definition) is 6. The molecular formula is C22H21N3O4. The van der Waals surface area contributed by atoms with Gasteiger partial charge in [-0.1, -0.05) is 12.1 Å². The number of carbonyl (C=O) groups is 2. The Hall–Kier alpha value is -3.45. The number of ether oxygens (including phenoxy) is 1. The lowest BCUT2D eigenvalue weighted by Crippen LogP contribution is -2.36. The molecule has 1 aromatic heterocycles. The highest BCUT2D eigenvalue weighted by atomic mass is 16.5. The molecule has 7 nitrogen and oxygen atoms in total. The zero-order chi connectivity index (χ0) is 20.4. The molecule has 0 unspecified atom stereocenters. The number of fused-ring (bicyclic) bond motifs is 1. The number of carboxylic acids is 1. The second-order valence-corrected chi connectivity index (χ2v) is 6.88. The highest BCUT2D eigenvalue weighted by molar-refractivity contribution is 6.08. The van der Waals surface area contributed by atoms with E-state index < -0.39 is 5.97 Å². The summed E-state index contributed by atoms with van der Waals surface area (Å²) in [7, 11) is 0. The predicted molar refractivity (Wildman–Crippen MR) is 111 cm³/mol. The lowest BCUT2D eigenvalue weighted by molar-refractivity contribution is 0.0697. The van der Waals surface area contributed by atoms with E-state index in [1.807, 2.05) is 18.2 Å². The first kappa shape index (κ1) is 18.9. The van der Waals surface area contributed by atoms with E-state index in [1.54, 1.807) is 24.3 Å². The van der Waals surface area contributed by atoms with Gasteiger partial charge in [0.25, 0.3) is 0 Å². The molecule has 1 fully saturated rings. The first-order valence-electron chi connectivity index (χ1n) is 9.40.